The molecule has 0 bridgehead atoms. The summed E-state index contributed by atoms with van der Waals surface area (Å²) in [6.45, 7) is 2.80. The molecule has 0 aromatic heterocycles. The Morgan fingerprint density at radius 2 is 1.28 bits per heavy atom. The Kier molecular flexibility index (Phi) is 12.9. The van der Waals surface area contributed by atoms with Crippen molar-refractivity contribution < 1.29 is 13.9 Å². The highest BCUT2D eigenvalue weighted by atomic mass is 19.1. The molecule has 0 heterocycles. The molecule has 1 aromatic rings. The molecule has 25 heavy (non-hydrogen) atoms. The van der Waals surface area contributed by atoms with E-state index in [-0.39, 0.29) is 5.56 Å². The molecule has 0 N–H and O–H groups in total. The molecular formula is C22H35FO2. The summed E-state index contributed by atoms with van der Waals surface area (Å²) in [6.07, 6.45) is 17.0. The quantitative estimate of drug-likeness (QED) is 0.231. The summed E-state index contributed by atoms with van der Waals surface area (Å²) in [7, 11) is 0. The van der Waals surface area contributed by atoms with Crippen LogP contribution in [0.5, 0.6) is 5.75 Å². The lowest BCUT2D eigenvalue weighted by molar-refractivity contribution is 0.0831. The first kappa shape index (κ1) is 21.7. The van der Waals surface area contributed by atoms with Crippen molar-refractivity contribution in [1.82, 2.24) is 0 Å². The van der Waals surface area contributed by atoms with Crippen LogP contribution in [0.25, 0.3) is 0 Å². The van der Waals surface area contributed by atoms with E-state index in [9.17, 15) is 9.18 Å². The van der Waals surface area contributed by atoms with Gasteiger partial charge in [-0.25, -0.2) is 0 Å². The molecule has 0 atom stereocenters. The standard InChI is InChI=1S/C22H35FO2/c1-2-3-4-5-6-7-8-9-10-11-12-13-16-19-25-21-18-15-14-17-20(21)22(23)24/h14-15,17-18H,2-13,16,19H2,1H3. The van der Waals surface area contributed by atoms with Crippen molar-refractivity contribution in [2.24, 2.45) is 0 Å². The lowest BCUT2D eigenvalue weighted by atomic mass is 10.0. The number of carbonyl (C=O) groups is 1. The van der Waals surface area contributed by atoms with E-state index in [1.165, 1.54) is 76.7 Å². The number of ether oxygens (including phenoxy) is 1. The molecule has 0 saturated heterocycles. The normalized spacial score (nSPS) is 10.8. The molecule has 1 aromatic carbocycles. The Labute approximate surface area is 153 Å². The third-order valence-electron chi connectivity index (χ3n) is 4.60. The minimum atomic E-state index is -1.43. The lowest BCUT2D eigenvalue weighted by Crippen LogP contribution is -2.02. The van der Waals surface area contributed by atoms with E-state index in [1.807, 2.05) is 0 Å². The Hall–Kier alpha value is -1.38. The van der Waals surface area contributed by atoms with Crippen LogP contribution < -0.4 is 4.74 Å². The average molecular weight is 351 g/mol. The maximum absolute atomic E-state index is 12.9. The second-order valence-electron chi connectivity index (χ2n) is 6.86. The molecule has 0 fully saturated rings. The summed E-state index contributed by atoms with van der Waals surface area (Å²) in [5.74, 6) is 0.355. The molecule has 0 radical (unpaired) electrons. The smallest absolute Gasteiger partial charge is 0.335 e. The van der Waals surface area contributed by atoms with E-state index in [4.69, 9.17) is 4.74 Å². The van der Waals surface area contributed by atoms with Gasteiger partial charge in [0.2, 0.25) is 0 Å². The van der Waals surface area contributed by atoms with Gasteiger partial charge in [-0.3, -0.25) is 4.79 Å². The highest BCUT2D eigenvalue weighted by Gasteiger charge is 2.10. The van der Waals surface area contributed by atoms with Crippen molar-refractivity contribution in [2.75, 3.05) is 6.61 Å². The number of rotatable bonds is 16. The van der Waals surface area contributed by atoms with Gasteiger partial charge in [-0.1, -0.05) is 96.1 Å². The molecule has 0 spiro atoms. The number of unbranched alkanes of at least 4 members (excludes halogenated alkanes) is 12. The molecule has 2 nitrogen and oxygen atoms in total. The summed E-state index contributed by atoms with van der Waals surface area (Å²) in [6, 6.07) is 5.08. The van der Waals surface area contributed by atoms with Gasteiger partial charge in [0.25, 0.3) is 0 Å². The first-order valence-electron chi connectivity index (χ1n) is 10.2. The maximum atomic E-state index is 12.9. The van der Waals surface area contributed by atoms with E-state index in [1.54, 1.807) is 18.2 Å². The molecule has 0 aliphatic heterocycles. The molecule has 1 rings (SSSR count). The van der Waals surface area contributed by atoms with Crippen LogP contribution in [0.1, 0.15) is 101 Å². The Bertz CT molecular complexity index is 459. The van der Waals surface area contributed by atoms with Crippen LogP contribution in [0, 0.1) is 0 Å². The van der Waals surface area contributed by atoms with Gasteiger partial charge in [0, 0.05) is 0 Å². The minimum absolute atomic E-state index is 0.0252. The summed E-state index contributed by atoms with van der Waals surface area (Å²) in [4.78, 5) is 10.9. The number of para-hydroxylation sites is 1. The zero-order valence-electron chi connectivity index (χ0n) is 15.9. The summed E-state index contributed by atoms with van der Waals surface area (Å²) in [5.41, 5.74) is 0.0252. The van der Waals surface area contributed by atoms with Crippen molar-refractivity contribution in [3.05, 3.63) is 29.8 Å². The van der Waals surface area contributed by atoms with Gasteiger partial charge >= 0.3 is 6.04 Å². The van der Waals surface area contributed by atoms with Crippen LogP contribution >= 0.6 is 0 Å². The number of carbonyl (C=O) groups excluding carboxylic acids is 1. The molecular weight excluding hydrogens is 315 g/mol. The molecule has 3 heteroatoms. The van der Waals surface area contributed by atoms with Gasteiger partial charge < -0.3 is 4.74 Å². The van der Waals surface area contributed by atoms with E-state index >= 15 is 0 Å². The molecule has 142 valence electrons. The topological polar surface area (TPSA) is 26.3 Å². The van der Waals surface area contributed by atoms with Gasteiger partial charge in [-0.2, -0.15) is 4.39 Å². The van der Waals surface area contributed by atoms with Crippen LogP contribution in [0.15, 0.2) is 24.3 Å². The highest BCUT2D eigenvalue weighted by molar-refractivity contribution is 5.91. The van der Waals surface area contributed by atoms with Crippen molar-refractivity contribution in [1.29, 1.82) is 0 Å². The van der Waals surface area contributed by atoms with Crippen molar-refractivity contribution >= 4 is 6.04 Å². The largest absolute Gasteiger partial charge is 0.493 e. The molecule has 0 amide bonds. The van der Waals surface area contributed by atoms with E-state index in [2.05, 4.69) is 6.92 Å². The van der Waals surface area contributed by atoms with Crippen LogP contribution in [-0.2, 0) is 0 Å². The fourth-order valence-corrected chi connectivity index (χ4v) is 3.06. The van der Waals surface area contributed by atoms with E-state index < -0.39 is 6.04 Å². The van der Waals surface area contributed by atoms with Crippen molar-refractivity contribution in [2.45, 2.75) is 90.4 Å². The summed E-state index contributed by atoms with van der Waals surface area (Å²) >= 11 is 0. The molecule has 0 aliphatic rings. The van der Waals surface area contributed by atoms with Gasteiger partial charge in [0.1, 0.15) is 5.75 Å². The molecule has 0 aliphatic carbocycles. The number of benzene rings is 1. The third kappa shape index (κ3) is 11.0. The van der Waals surface area contributed by atoms with E-state index in [0.717, 1.165) is 12.8 Å². The van der Waals surface area contributed by atoms with E-state index in [0.29, 0.717) is 12.4 Å². The van der Waals surface area contributed by atoms with Crippen LogP contribution in [0.2, 0.25) is 0 Å². The highest BCUT2D eigenvalue weighted by Crippen LogP contribution is 2.19. The number of hydrogen-bond acceptors (Lipinski definition) is 2. The molecule has 0 saturated carbocycles. The predicted molar refractivity (Wildman–Crippen MR) is 103 cm³/mol. The maximum Gasteiger partial charge on any atom is 0.335 e. The number of halogens is 1. The Morgan fingerprint density at radius 3 is 1.80 bits per heavy atom. The van der Waals surface area contributed by atoms with Crippen LogP contribution in [0.3, 0.4) is 0 Å². The zero-order valence-corrected chi connectivity index (χ0v) is 15.9. The van der Waals surface area contributed by atoms with Crippen LogP contribution in [-0.4, -0.2) is 12.6 Å². The minimum Gasteiger partial charge on any atom is -0.493 e. The predicted octanol–water partition coefficient (Wildman–Crippen LogP) is 7.27. The fourth-order valence-electron chi connectivity index (χ4n) is 3.06. The summed E-state index contributed by atoms with van der Waals surface area (Å²) in [5, 5.41) is 0. The second kappa shape index (κ2) is 14.9. The third-order valence-corrected chi connectivity index (χ3v) is 4.60. The number of hydrogen-bond donors (Lipinski definition) is 0. The zero-order chi connectivity index (χ0) is 18.2. The fraction of sp³-hybridized carbons (Fsp3) is 0.682. The van der Waals surface area contributed by atoms with Crippen molar-refractivity contribution in [3.8, 4) is 5.75 Å². The first-order valence-corrected chi connectivity index (χ1v) is 10.2. The lowest BCUT2D eigenvalue weighted by Gasteiger charge is -2.08. The second-order valence-corrected chi connectivity index (χ2v) is 6.86. The van der Waals surface area contributed by atoms with Crippen molar-refractivity contribution in [3.63, 3.8) is 0 Å². The summed E-state index contributed by atoms with van der Waals surface area (Å²) < 4.78 is 18.4. The van der Waals surface area contributed by atoms with Gasteiger partial charge in [0.05, 0.1) is 12.2 Å². The molecule has 0 unspecified atom stereocenters. The van der Waals surface area contributed by atoms with Gasteiger partial charge in [-0.15, -0.1) is 0 Å². The average Bonchev–Trinajstić information content (AvgIpc) is 2.62. The Morgan fingerprint density at radius 1 is 0.800 bits per heavy atom. The Balaban J connectivity index is 1.90. The SMILES string of the molecule is CCCCCCCCCCCCCCCOc1ccccc1C(=O)F. The van der Waals surface area contributed by atoms with Crippen LogP contribution in [0.4, 0.5) is 4.39 Å². The van der Waals surface area contributed by atoms with Gasteiger partial charge in [0.15, 0.2) is 0 Å². The first-order chi connectivity index (χ1) is 12.3. The monoisotopic (exact) mass is 350 g/mol. The van der Waals surface area contributed by atoms with Gasteiger partial charge in [-0.05, 0) is 18.6 Å².